The van der Waals surface area contributed by atoms with Crippen LogP contribution >= 0.6 is 11.5 Å². The van der Waals surface area contributed by atoms with Gasteiger partial charge in [-0.3, -0.25) is 0 Å². The number of aryl methyl sites for hydroxylation is 2. The number of nitrogens with one attached hydrogen (secondary N) is 1. The van der Waals surface area contributed by atoms with Crippen molar-refractivity contribution in [1.82, 2.24) is 14.3 Å². The zero-order valence-corrected chi connectivity index (χ0v) is 9.67. The molecule has 0 atom stereocenters. The number of pyridine rings is 1. The summed E-state index contributed by atoms with van der Waals surface area (Å²) in [6.07, 6.45) is 1.66. The first-order valence-corrected chi connectivity index (χ1v) is 5.41. The molecule has 2 aromatic heterocycles. The van der Waals surface area contributed by atoms with Gasteiger partial charge >= 0.3 is 0 Å². The quantitative estimate of drug-likeness (QED) is 0.857. The van der Waals surface area contributed by atoms with E-state index < -0.39 is 0 Å². The van der Waals surface area contributed by atoms with Gasteiger partial charge in [0.05, 0.1) is 5.56 Å². The van der Waals surface area contributed by atoms with E-state index in [1.54, 1.807) is 12.3 Å². The van der Waals surface area contributed by atoms with Crippen LogP contribution in [0.15, 0.2) is 12.3 Å². The maximum atomic E-state index is 9.02. The molecule has 0 saturated carbocycles. The Hall–Kier alpha value is -2.00. The summed E-state index contributed by atoms with van der Waals surface area (Å²) in [7, 11) is 0. The van der Waals surface area contributed by atoms with E-state index in [2.05, 4.69) is 25.7 Å². The smallest absolute Gasteiger partial charge is 0.208 e. The SMILES string of the molecule is Cc1nsc(Nc2nccc(C)c2C#N)n1. The van der Waals surface area contributed by atoms with Crippen molar-refractivity contribution in [3.8, 4) is 6.07 Å². The second kappa shape index (κ2) is 4.24. The Balaban J connectivity index is 2.35. The van der Waals surface area contributed by atoms with E-state index in [0.717, 1.165) is 5.56 Å². The summed E-state index contributed by atoms with van der Waals surface area (Å²) in [6, 6.07) is 3.92. The molecule has 0 aromatic carbocycles. The second-order valence-electron chi connectivity index (χ2n) is 3.24. The number of anilines is 2. The van der Waals surface area contributed by atoms with Crippen molar-refractivity contribution in [2.24, 2.45) is 0 Å². The zero-order chi connectivity index (χ0) is 11.5. The van der Waals surface area contributed by atoms with Gasteiger partial charge < -0.3 is 5.32 Å². The fourth-order valence-electron chi connectivity index (χ4n) is 1.24. The van der Waals surface area contributed by atoms with E-state index in [4.69, 9.17) is 5.26 Å². The van der Waals surface area contributed by atoms with Gasteiger partial charge in [-0.2, -0.15) is 9.64 Å². The fourth-order valence-corrected chi connectivity index (χ4v) is 1.82. The topological polar surface area (TPSA) is 74.5 Å². The molecule has 2 rings (SSSR count). The van der Waals surface area contributed by atoms with Gasteiger partial charge in [0.15, 0.2) is 0 Å². The van der Waals surface area contributed by atoms with E-state index in [1.165, 1.54) is 11.5 Å². The van der Waals surface area contributed by atoms with Crippen molar-refractivity contribution in [2.75, 3.05) is 5.32 Å². The molecule has 0 bridgehead atoms. The van der Waals surface area contributed by atoms with Gasteiger partial charge in [0.1, 0.15) is 17.7 Å². The van der Waals surface area contributed by atoms with Crippen molar-refractivity contribution >= 4 is 22.5 Å². The molecule has 0 aliphatic carbocycles. The van der Waals surface area contributed by atoms with Crippen LogP contribution < -0.4 is 5.32 Å². The first-order chi connectivity index (χ1) is 7.70. The Labute approximate surface area is 97.0 Å². The monoisotopic (exact) mass is 231 g/mol. The van der Waals surface area contributed by atoms with Crippen LogP contribution in [0.1, 0.15) is 17.0 Å². The van der Waals surface area contributed by atoms with Gasteiger partial charge in [0.25, 0.3) is 0 Å². The average molecular weight is 231 g/mol. The minimum atomic E-state index is 0.527. The average Bonchev–Trinajstić information content (AvgIpc) is 2.64. The maximum absolute atomic E-state index is 9.02. The van der Waals surface area contributed by atoms with Crippen LogP contribution in [0, 0.1) is 25.2 Å². The van der Waals surface area contributed by atoms with Gasteiger partial charge in [-0.1, -0.05) is 0 Å². The second-order valence-corrected chi connectivity index (χ2v) is 3.99. The van der Waals surface area contributed by atoms with E-state index in [-0.39, 0.29) is 0 Å². The summed E-state index contributed by atoms with van der Waals surface area (Å²) in [5.41, 5.74) is 1.43. The summed E-state index contributed by atoms with van der Waals surface area (Å²) < 4.78 is 4.05. The molecule has 0 fully saturated rings. The molecule has 0 radical (unpaired) electrons. The largest absolute Gasteiger partial charge is 0.314 e. The third kappa shape index (κ3) is 1.99. The molecule has 1 N–H and O–H groups in total. The number of hydrogen-bond donors (Lipinski definition) is 1. The number of nitrogens with zero attached hydrogens (tertiary/aromatic N) is 4. The standard InChI is InChI=1S/C10H9N5S/c1-6-3-4-12-9(8(6)5-11)14-10-13-7(2)15-16-10/h3-4H,1-2H3,(H,12,13,14,15). The number of aromatic nitrogens is 3. The van der Waals surface area contributed by atoms with Crippen LogP contribution in [-0.4, -0.2) is 14.3 Å². The Morgan fingerprint density at radius 2 is 2.25 bits per heavy atom. The molecule has 0 aliphatic rings. The van der Waals surface area contributed by atoms with E-state index >= 15 is 0 Å². The van der Waals surface area contributed by atoms with Crippen molar-refractivity contribution in [1.29, 1.82) is 5.26 Å². The van der Waals surface area contributed by atoms with Gasteiger partial charge in [-0.05, 0) is 25.5 Å². The van der Waals surface area contributed by atoms with E-state index in [1.807, 2.05) is 13.8 Å². The first-order valence-electron chi connectivity index (χ1n) is 4.63. The summed E-state index contributed by atoms with van der Waals surface area (Å²) >= 11 is 1.25. The Kier molecular flexibility index (Phi) is 2.79. The molecule has 80 valence electrons. The number of hydrogen-bond acceptors (Lipinski definition) is 6. The highest BCUT2D eigenvalue weighted by atomic mass is 32.1. The van der Waals surface area contributed by atoms with Crippen molar-refractivity contribution in [3.05, 3.63) is 29.2 Å². The lowest BCUT2D eigenvalue weighted by Crippen LogP contribution is -1.98. The predicted octanol–water partition coefficient (Wildman–Crippen LogP) is 2.17. The minimum Gasteiger partial charge on any atom is -0.314 e. The highest BCUT2D eigenvalue weighted by molar-refractivity contribution is 7.09. The molecular formula is C10H9N5S. The number of nitriles is 1. The lowest BCUT2D eigenvalue weighted by Gasteiger charge is -2.04. The molecule has 2 heterocycles. The van der Waals surface area contributed by atoms with Crippen molar-refractivity contribution in [3.63, 3.8) is 0 Å². The van der Waals surface area contributed by atoms with Crippen LogP contribution in [0.3, 0.4) is 0 Å². The van der Waals surface area contributed by atoms with Gasteiger partial charge in [0, 0.05) is 17.7 Å². The summed E-state index contributed by atoms with van der Waals surface area (Å²) in [4.78, 5) is 8.28. The summed E-state index contributed by atoms with van der Waals surface area (Å²) in [5, 5.41) is 12.7. The predicted molar refractivity (Wildman–Crippen MR) is 61.6 cm³/mol. The Morgan fingerprint density at radius 3 is 2.88 bits per heavy atom. The van der Waals surface area contributed by atoms with Crippen LogP contribution in [-0.2, 0) is 0 Å². The van der Waals surface area contributed by atoms with Crippen LogP contribution in [0.4, 0.5) is 10.9 Å². The third-order valence-electron chi connectivity index (χ3n) is 2.02. The molecule has 0 unspecified atom stereocenters. The molecule has 0 saturated heterocycles. The normalized spacial score (nSPS) is 9.81. The molecule has 6 heteroatoms. The summed E-state index contributed by atoms with van der Waals surface area (Å²) in [5.74, 6) is 1.23. The van der Waals surface area contributed by atoms with E-state index in [9.17, 15) is 0 Å². The Bertz CT molecular complexity index is 555. The molecule has 5 nitrogen and oxygen atoms in total. The van der Waals surface area contributed by atoms with Gasteiger partial charge in [0.2, 0.25) is 5.13 Å². The van der Waals surface area contributed by atoms with Crippen molar-refractivity contribution in [2.45, 2.75) is 13.8 Å². The zero-order valence-electron chi connectivity index (χ0n) is 8.85. The fraction of sp³-hybridized carbons (Fsp3) is 0.200. The molecular weight excluding hydrogens is 222 g/mol. The lowest BCUT2D eigenvalue weighted by molar-refractivity contribution is 1.16. The molecule has 2 aromatic rings. The first kappa shape index (κ1) is 10.5. The minimum absolute atomic E-state index is 0.527. The molecule has 0 amide bonds. The molecule has 0 spiro atoms. The number of rotatable bonds is 2. The summed E-state index contributed by atoms with van der Waals surface area (Å²) in [6.45, 7) is 3.69. The highest BCUT2D eigenvalue weighted by Crippen LogP contribution is 2.21. The Morgan fingerprint density at radius 1 is 1.44 bits per heavy atom. The van der Waals surface area contributed by atoms with E-state index in [0.29, 0.717) is 22.3 Å². The van der Waals surface area contributed by atoms with Crippen molar-refractivity contribution < 1.29 is 0 Å². The van der Waals surface area contributed by atoms with Crippen LogP contribution in [0.5, 0.6) is 0 Å². The molecule has 16 heavy (non-hydrogen) atoms. The van der Waals surface area contributed by atoms with Crippen LogP contribution in [0.25, 0.3) is 0 Å². The van der Waals surface area contributed by atoms with Gasteiger partial charge in [-0.25, -0.2) is 9.97 Å². The van der Waals surface area contributed by atoms with Gasteiger partial charge in [-0.15, -0.1) is 0 Å². The molecule has 0 aliphatic heterocycles. The third-order valence-corrected chi connectivity index (χ3v) is 2.75. The van der Waals surface area contributed by atoms with Crippen LogP contribution in [0.2, 0.25) is 0 Å². The highest BCUT2D eigenvalue weighted by Gasteiger charge is 2.08. The lowest BCUT2D eigenvalue weighted by atomic mass is 10.1. The maximum Gasteiger partial charge on any atom is 0.208 e.